The minimum absolute atomic E-state index is 0.0131. The minimum atomic E-state index is -0.622. The first-order valence-corrected chi connectivity index (χ1v) is 11.7. The van der Waals surface area contributed by atoms with Crippen molar-refractivity contribution in [3.8, 4) is 11.8 Å². The molecule has 2 atom stereocenters. The van der Waals surface area contributed by atoms with E-state index in [2.05, 4.69) is 30.2 Å². The molecule has 186 valence electrons. The zero-order valence-corrected chi connectivity index (χ0v) is 20.2. The number of fused-ring (bicyclic) bond motifs is 2. The maximum absolute atomic E-state index is 15.2. The van der Waals surface area contributed by atoms with Crippen molar-refractivity contribution >= 4 is 29.1 Å². The first-order chi connectivity index (χ1) is 17.6. The molecule has 1 aromatic carbocycles. The number of ether oxygens (including phenoxy) is 3. The van der Waals surface area contributed by atoms with Gasteiger partial charge in [-0.2, -0.15) is 5.26 Å². The van der Waals surface area contributed by atoms with E-state index in [1.807, 2.05) is 6.07 Å². The number of aromatic nitrogens is 4. The highest BCUT2D eigenvalue weighted by Crippen LogP contribution is 2.33. The Kier molecular flexibility index (Phi) is 7.09. The van der Waals surface area contributed by atoms with Crippen molar-refractivity contribution in [2.75, 3.05) is 43.6 Å². The van der Waals surface area contributed by atoms with Crippen LogP contribution in [0.2, 0.25) is 5.02 Å². The van der Waals surface area contributed by atoms with Crippen LogP contribution in [0.4, 0.5) is 21.8 Å². The fourth-order valence-electron chi connectivity index (χ4n) is 4.50. The van der Waals surface area contributed by atoms with E-state index in [4.69, 9.17) is 31.1 Å². The lowest BCUT2D eigenvalue weighted by atomic mass is 9.84. The van der Waals surface area contributed by atoms with E-state index >= 15 is 4.39 Å². The van der Waals surface area contributed by atoms with Crippen LogP contribution in [0.3, 0.4) is 0 Å². The predicted molar refractivity (Wildman–Crippen MR) is 129 cm³/mol. The third-order valence-corrected chi connectivity index (χ3v) is 6.57. The van der Waals surface area contributed by atoms with Crippen molar-refractivity contribution in [1.29, 1.82) is 5.26 Å². The van der Waals surface area contributed by atoms with Crippen LogP contribution in [0.5, 0.6) is 5.75 Å². The number of nitrogens with zero attached hydrogens (tertiary/aromatic N) is 6. The fraction of sp³-hybridized carbons (Fsp3) is 0.375. The van der Waals surface area contributed by atoms with Crippen molar-refractivity contribution in [3.63, 3.8) is 0 Å². The van der Waals surface area contributed by atoms with Crippen LogP contribution in [-0.2, 0) is 16.1 Å². The largest absolute Gasteiger partial charge is 0.494 e. The minimum Gasteiger partial charge on any atom is -0.494 e. The highest BCUT2D eigenvalue weighted by molar-refractivity contribution is 6.33. The molecule has 2 aliphatic rings. The lowest BCUT2D eigenvalue weighted by Gasteiger charge is -2.46. The molecule has 1 N–H and O–H groups in total. The molecule has 2 aliphatic heterocycles. The summed E-state index contributed by atoms with van der Waals surface area (Å²) in [6.07, 6.45) is 4.44. The van der Waals surface area contributed by atoms with E-state index in [1.165, 1.54) is 12.4 Å². The van der Waals surface area contributed by atoms with E-state index in [1.54, 1.807) is 31.6 Å². The number of nitrogens with one attached hydrogen (secondary N) is 1. The average Bonchev–Trinajstić information content (AvgIpc) is 2.89. The first-order valence-electron chi connectivity index (χ1n) is 11.3. The van der Waals surface area contributed by atoms with E-state index in [0.29, 0.717) is 49.3 Å². The van der Waals surface area contributed by atoms with Crippen molar-refractivity contribution in [1.82, 2.24) is 19.9 Å². The number of rotatable bonds is 7. The Balaban J connectivity index is 1.26. The number of halogens is 2. The van der Waals surface area contributed by atoms with Gasteiger partial charge in [-0.1, -0.05) is 11.6 Å². The van der Waals surface area contributed by atoms with E-state index in [-0.39, 0.29) is 41.1 Å². The molecule has 0 amide bonds. The summed E-state index contributed by atoms with van der Waals surface area (Å²) >= 11 is 6.20. The Morgan fingerprint density at radius 1 is 1.19 bits per heavy atom. The molecule has 0 aliphatic carbocycles. The summed E-state index contributed by atoms with van der Waals surface area (Å²) in [5, 5.41) is 12.1. The van der Waals surface area contributed by atoms with E-state index in [9.17, 15) is 0 Å². The molecule has 4 heterocycles. The van der Waals surface area contributed by atoms with Gasteiger partial charge >= 0.3 is 0 Å². The van der Waals surface area contributed by atoms with Gasteiger partial charge in [-0.25, -0.2) is 24.3 Å². The number of hydrogen-bond donors (Lipinski definition) is 1. The third-order valence-electron chi connectivity index (χ3n) is 6.26. The van der Waals surface area contributed by atoms with Crippen LogP contribution in [0.25, 0.3) is 0 Å². The molecule has 12 heteroatoms. The second-order valence-corrected chi connectivity index (χ2v) is 8.98. The summed E-state index contributed by atoms with van der Waals surface area (Å²) < 4.78 is 32.3. The van der Waals surface area contributed by atoms with Crippen molar-refractivity contribution in [3.05, 3.63) is 59.0 Å². The van der Waals surface area contributed by atoms with E-state index in [0.717, 1.165) is 0 Å². The zero-order valence-electron chi connectivity index (χ0n) is 19.4. The summed E-state index contributed by atoms with van der Waals surface area (Å²) in [4.78, 5) is 19.0. The van der Waals surface area contributed by atoms with Gasteiger partial charge in [-0.15, -0.1) is 0 Å². The van der Waals surface area contributed by atoms with Crippen molar-refractivity contribution < 1.29 is 18.6 Å². The number of methoxy groups -OCH3 is 1. The number of nitriles is 1. The van der Waals surface area contributed by atoms with Crippen LogP contribution in [0.15, 0.2) is 36.9 Å². The Morgan fingerprint density at radius 2 is 1.94 bits per heavy atom. The molecular weight excluding hydrogens is 489 g/mol. The van der Waals surface area contributed by atoms with Crippen LogP contribution >= 0.6 is 11.6 Å². The normalized spacial score (nSPS) is 21.1. The first kappa shape index (κ1) is 24.1. The Morgan fingerprint density at radius 3 is 2.61 bits per heavy atom. The maximum atomic E-state index is 15.2. The number of hydrogen-bond acceptors (Lipinski definition) is 10. The van der Waals surface area contributed by atoms with Crippen LogP contribution < -0.4 is 15.0 Å². The van der Waals surface area contributed by atoms with Crippen LogP contribution in [0.1, 0.15) is 11.3 Å². The maximum Gasteiger partial charge on any atom is 0.225 e. The molecule has 0 spiro atoms. The standard InChI is InChI=1S/C24H23ClFN7O3/c1-34-17-6-28-24(29-7-17)33-8-15-10-35-11-16(9-33)22(15)36-12-20-21(26)23(31-13-30-20)32-19-3-2-14(5-27)4-18(19)25/h2-4,6-7,13,15-16,22H,8-12H2,1H3,(H,30,31,32). The smallest absolute Gasteiger partial charge is 0.225 e. The molecule has 36 heavy (non-hydrogen) atoms. The second kappa shape index (κ2) is 10.6. The molecule has 2 unspecified atom stereocenters. The molecular formula is C24H23ClFN7O3. The van der Waals surface area contributed by atoms with Gasteiger partial charge in [0.15, 0.2) is 17.4 Å². The van der Waals surface area contributed by atoms with Gasteiger partial charge in [0.2, 0.25) is 5.95 Å². The van der Waals surface area contributed by atoms with Gasteiger partial charge in [0.1, 0.15) is 12.0 Å². The summed E-state index contributed by atoms with van der Waals surface area (Å²) in [7, 11) is 1.57. The van der Waals surface area contributed by atoms with E-state index < -0.39 is 5.82 Å². The molecule has 2 fully saturated rings. The third kappa shape index (κ3) is 5.02. The molecule has 0 saturated carbocycles. The number of piperidine rings is 1. The number of anilines is 3. The topological polar surface area (TPSA) is 118 Å². The van der Waals surface area contributed by atoms with Crippen LogP contribution in [-0.4, -0.2) is 59.5 Å². The van der Waals surface area contributed by atoms with Gasteiger partial charge in [0.25, 0.3) is 0 Å². The lowest BCUT2D eigenvalue weighted by molar-refractivity contribution is -0.126. The lowest BCUT2D eigenvalue weighted by Crippen LogP contribution is -2.56. The molecule has 2 bridgehead atoms. The molecule has 5 rings (SSSR count). The van der Waals surface area contributed by atoms with Gasteiger partial charge in [0.05, 0.1) is 67.8 Å². The van der Waals surface area contributed by atoms with Gasteiger partial charge in [-0.3, -0.25) is 0 Å². The van der Waals surface area contributed by atoms with Crippen LogP contribution in [0, 0.1) is 29.0 Å². The second-order valence-electron chi connectivity index (χ2n) is 8.58. The molecule has 0 radical (unpaired) electrons. The molecule has 10 nitrogen and oxygen atoms in total. The predicted octanol–water partition coefficient (Wildman–Crippen LogP) is 3.35. The average molecular weight is 512 g/mol. The number of benzene rings is 1. The van der Waals surface area contributed by atoms with Gasteiger partial charge in [0, 0.05) is 24.9 Å². The van der Waals surface area contributed by atoms with Crippen molar-refractivity contribution in [2.45, 2.75) is 12.7 Å². The molecule has 2 aromatic heterocycles. The quantitative estimate of drug-likeness (QED) is 0.505. The molecule has 2 saturated heterocycles. The van der Waals surface area contributed by atoms with Gasteiger partial charge < -0.3 is 24.4 Å². The monoisotopic (exact) mass is 511 g/mol. The SMILES string of the molecule is COc1cnc(N2CC3COCC(C2)C3OCc2ncnc(Nc3ccc(C#N)cc3Cl)c2F)nc1. The Labute approximate surface area is 212 Å². The summed E-state index contributed by atoms with van der Waals surface area (Å²) in [5.41, 5.74) is 0.971. The highest BCUT2D eigenvalue weighted by atomic mass is 35.5. The highest BCUT2D eigenvalue weighted by Gasteiger charge is 2.42. The zero-order chi connectivity index (χ0) is 25.1. The van der Waals surface area contributed by atoms with Gasteiger partial charge in [-0.05, 0) is 18.2 Å². The summed E-state index contributed by atoms with van der Waals surface area (Å²) in [6.45, 7) is 2.36. The Bertz CT molecular complexity index is 1260. The molecule has 3 aromatic rings. The van der Waals surface area contributed by atoms with Crippen molar-refractivity contribution in [2.24, 2.45) is 11.8 Å². The fourth-order valence-corrected chi connectivity index (χ4v) is 4.72. The summed E-state index contributed by atoms with van der Waals surface area (Å²) in [6, 6.07) is 6.69. The summed E-state index contributed by atoms with van der Waals surface area (Å²) in [5.74, 6) is 0.729. The Hall–Kier alpha value is -3.59.